The lowest BCUT2D eigenvalue weighted by Gasteiger charge is -2.24. The zero-order chi connectivity index (χ0) is 13.0. The van der Waals surface area contributed by atoms with Gasteiger partial charge in [0.2, 0.25) is 0 Å². The summed E-state index contributed by atoms with van der Waals surface area (Å²) >= 11 is 6.34. The van der Waals surface area contributed by atoms with Crippen LogP contribution in [0.5, 0.6) is 11.5 Å². The molecule has 0 amide bonds. The van der Waals surface area contributed by atoms with E-state index in [1.807, 2.05) is 12.1 Å². The average Bonchev–Trinajstić information content (AvgIpc) is 2.42. The topological polar surface area (TPSA) is 30.5 Å². The maximum Gasteiger partial charge on any atom is 0.127 e. The highest BCUT2D eigenvalue weighted by Crippen LogP contribution is 2.35. The van der Waals surface area contributed by atoms with Crippen molar-refractivity contribution in [2.24, 2.45) is 5.92 Å². The van der Waals surface area contributed by atoms with Crippen molar-refractivity contribution in [1.82, 2.24) is 5.32 Å². The summed E-state index contributed by atoms with van der Waals surface area (Å²) in [5, 5.41) is 4.12. The van der Waals surface area contributed by atoms with Crippen molar-refractivity contribution < 1.29 is 9.47 Å². The second-order valence-electron chi connectivity index (χ2n) is 4.69. The van der Waals surface area contributed by atoms with Crippen molar-refractivity contribution in [1.29, 1.82) is 0 Å². The summed E-state index contributed by atoms with van der Waals surface area (Å²) in [6.45, 7) is 2.20. The van der Waals surface area contributed by atoms with Crippen LogP contribution in [0.2, 0.25) is 5.02 Å². The number of nitrogens with one attached hydrogen (secondary N) is 1. The van der Waals surface area contributed by atoms with Crippen LogP contribution < -0.4 is 14.8 Å². The zero-order valence-electron chi connectivity index (χ0n) is 11.0. The summed E-state index contributed by atoms with van der Waals surface area (Å²) in [6.07, 6.45) is 3.38. The number of halogens is 1. The Kier molecular flexibility index (Phi) is 4.72. The molecule has 0 bridgehead atoms. The third-order valence-electron chi connectivity index (χ3n) is 3.54. The first-order valence-corrected chi connectivity index (χ1v) is 6.73. The first-order chi connectivity index (χ1) is 8.74. The second kappa shape index (κ2) is 6.30. The molecule has 2 rings (SSSR count). The number of hydrogen-bond donors (Lipinski definition) is 1. The normalized spacial score (nSPS) is 16.6. The number of rotatable bonds is 4. The van der Waals surface area contributed by atoms with E-state index in [1.54, 1.807) is 14.2 Å². The molecule has 100 valence electrons. The summed E-state index contributed by atoms with van der Waals surface area (Å²) < 4.78 is 10.6. The molecule has 1 heterocycles. The minimum atomic E-state index is 0.686. The molecule has 1 aromatic rings. The van der Waals surface area contributed by atoms with Crippen LogP contribution in [0.25, 0.3) is 0 Å². The van der Waals surface area contributed by atoms with E-state index in [9.17, 15) is 0 Å². The molecule has 0 saturated carbocycles. The van der Waals surface area contributed by atoms with E-state index in [0.29, 0.717) is 5.92 Å². The van der Waals surface area contributed by atoms with Gasteiger partial charge in [0.05, 0.1) is 19.2 Å². The Balaban J connectivity index is 2.19. The molecule has 1 N–H and O–H groups in total. The standard InChI is InChI=1S/C14H20ClNO2/c1-17-11-8-13(15)12(14(9-11)18-2)7-10-3-5-16-6-4-10/h8-10,16H,3-7H2,1-2H3. The van der Waals surface area contributed by atoms with E-state index in [-0.39, 0.29) is 0 Å². The highest BCUT2D eigenvalue weighted by molar-refractivity contribution is 6.31. The van der Waals surface area contributed by atoms with Gasteiger partial charge in [-0.25, -0.2) is 0 Å². The Labute approximate surface area is 113 Å². The van der Waals surface area contributed by atoms with Crippen LogP contribution in [0.1, 0.15) is 18.4 Å². The van der Waals surface area contributed by atoms with Gasteiger partial charge in [0.15, 0.2) is 0 Å². The van der Waals surface area contributed by atoms with Gasteiger partial charge in [-0.15, -0.1) is 0 Å². The van der Waals surface area contributed by atoms with Gasteiger partial charge in [0.1, 0.15) is 11.5 Å². The Morgan fingerprint density at radius 2 is 1.94 bits per heavy atom. The second-order valence-corrected chi connectivity index (χ2v) is 5.09. The summed E-state index contributed by atoms with van der Waals surface area (Å²) in [6, 6.07) is 3.77. The van der Waals surface area contributed by atoms with E-state index >= 15 is 0 Å². The maximum absolute atomic E-state index is 6.34. The molecule has 1 aliphatic rings. The van der Waals surface area contributed by atoms with Gasteiger partial charge in [0.25, 0.3) is 0 Å². The van der Waals surface area contributed by atoms with Crippen LogP contribution >= 0.6 is 11.6 Å². The van der Waals surface area contributed by atoms with Gasteiger partial charge in [0, 0.05) is 11.6 Å². The van der Waals surface area contributed by atoms with E-state index in [4.69, 9.17) is 21.1 Å². The molecule has 0 aliphatic carbocycles. The number of ether oxygens (including phenoxy) is 2. The number of benzene rings is 1. The summed E-state index contributed by atoms with van der Waals surface area (Å²) in [5.41, 5.74) is 1.10. The van der Waals surface area contributed by atoms with Crippen LogP contribution in [0.15, 0.2) is 12.1 Å². The van der Waals surface area contributed by atoms with Crippen molar-refractivity contribution in [3.05, 3.63) is 22.7 Å². The molecule has 0 atom stereocenters. The molecule has 1 fully saturated rings. The summed E-state index contributed by atoms with van der Waals surface area (Å²) in [5.74, 6) is 2.26. The minimum absolute atomic E-state index is 0.686. The van der Waals surface area contributed by atoms with Crippen LogP contribution in [0.3, 0.4) is 0 Å². The van der Waals surface area contributed by atoms with Crippen LogP contribution in [-0.2, 0) is 6.42 Å². The predicted octanol–water partition coefficient (Wildman–Crippen LogP) is 2.90. The monoisotopic (exact) mass is 269 g/mol. The Bertz CT molecular complexity index is 403. The molecule has 0 unspecified atom stereocenters. The summed E-state index contributed by atoms with van der Waals surface area (Å²) in [7, 11) is 3.31. The fourth-order valence-electron chi connectivity index (χ4n) is 2.46. The van der Waals surface area contributed by atoms with Crippen LogP contribution in [0, 0.1) is 5.92 Å². The molecule has 0 spiro atoms. The van der Waals surface area contributed by atoms with E-state index < -0.39 is 0 Å². The third-order valence-corrected chi connectivity index (χ3v) is 3.87. The zero-order valence-corrected chi connectivity index (χ0v) is 11.7. The van der Waals surface area contributed by atoms with Crippen molar-refractivity contribution >= 4 is 11.6 Å². The van der Waals surface area contributed by atoms with Crippen LogP contribution in [0.4, 0.5) is 0 Å². The first-order valence-electron chi connectivity index (χ1n) is 6.35. The lowest BCUT2D eigenvalue weighted by Crippen LogP contribution is -2.28. The molecule has 1 saturated heterocycles. The van der Waals surface area contributed by atoms with Crippen LogP contribution in [-0.4, -0.2) is 27.3 Å². The first kappa shape index (κ1) is 13.5. The molecule has 1 aliphatic heterocycles. The SMILES string of the molecule is COc1cc(Cl)c(CC2CCNCC2)c(OC)c1. The van der Waals surface area contributed by atoms with Gasteiger partial charge in [-0.2, -0.15) is 0 Å². The van der Waals surface area contributed by atoms with Crippen molar-refractivity contribution in [3.63, 3.8) is 0 Å². The Morgan fingerprint density at radius 1 is 1.22 bits per heavy atom. The molecule has 0 aromatic heterocycles. The fourth-order valence-corrected chi connectivity index (χ4v) is 2.74. The molecular weight excluding hydrogens is 250 g/mol. The number of hydrogen-bond acceptors (Lipinski definition) is 3. The smallest absolute Gasteiger partial charge is 0.127 e. The summed E-state index contributed by atoms with van der Waals surface area (Å²) in [4.78, 5) is 0. The van der Waals surface area contributed by atoms with Crippen molar-refractivity contribution in [2.75, 3.05) is 27.3 Å². The van der Waals surface area contributed by atoms with Gasteiger partial charge < -0.3 is 14.8 Å². The van der Waals surface area contributed by atoms with Gasteiger partial charge in [-0.3, -0.25) is 0 Å². The molecule has 1 aromatic carbocycles. The maximum atomic E-state index is 6.34. The molecule has 3 nitrogen and oxygen atoms in total. The molecule has 4 heteroatoms. The Morgan fingerprint density at radius 3 is 2.56 bits per heavy atom. The highest BCUT2D eigenvalue weighted by Gasteiger charge is 2.18. The van der Waals surface area contributed by atoms with Gasteiger partial charge >= 0.3 is 0 Å². The molecule has 18 heavy (non-hydrogen) atoms. The average molecular weight is 270 g/mol. The van der Waals surface area contributed by atoms with Crippen molar-refractivity contribution in [2.45, 2.75) is 19.3 Å². The Hall–Kier alpha value is -0.930. The third kappa shape index (κ3) is 3.09. The van der Waals surface area contributed by atoms with E-state index in [1.165, 1.54) is 12.8 Å². The highest BCUT2D eigenvalue weighted by atomic mass is 35.5. The minimum Gasteiger partial charge on any atom is -0.497 e. The van der Waals surface area contributed by atoms with Gasteiger partial charge in [-0.1, -0.05) is 11.6 Å². The van der Waals surface area contributed by atoms with E-state index in [2.05, 4.69) is 5.32 Å². The number of piperidine rings is 1. The quantitative estimate of drug-likeness (QED) is 0.912. The number of methoxy groups -OCH3 is 2. The molecular formula is C14H20ClNO2. The van der Waals surface area contributed by atoms with E-state index in [0.717, 1.165) is 41.6 Å². The lowest BCUT2D eigenvalue weighted by molar-refractivity contribution is 0.358. The lowest BCUT2D eigenvalue weighted by atomic mass is 9.90. The predicted molar refractivity (Wildman–Crippen MR) is 73.9 cm³/mol. The van der Waals surface area contributed by atoms with Crippen molar-refractivity contribution in [3.8, 4) is 11.5 Å². The fraction of sp³-hybridized carbons (Fsp3) is 0.571. The molecule has 0 radical (unpaired) electrons. The largest absolute Gasteiger partial charge is 0.497 e. The van der Waals surface area contributed by atoms with Gasteiger partial charge in [-0.05, 0) is 44.3 Å².